The fourth-order valence-electron chi connectivity index (χ4n) is 5.98. The average molecular weight is 734 g/mol. The van der Waals surface area contributed by atoms with E-state index in [9.17, 15) is 14.4 Å². The molecule has 0 radical (unpaired) electrons. The summed E-state index contributed by atoms with van der Waals surface area (Å²) in [6.45, 7) is 6.21. The Labute approximate surface area is 311 Å². The van der Waals surface area contributed by atoms with Gasteiger partial charge in [0.2, 0.25) is 5.69 Å². The molecule has 3 rings (SSSR count). The van der Waals surface area contributed by atoms with Gasteiger partial charge in [0, 0.05) is 34.7 Å². The first-order chi connectivity index (χ1) is 23.9. The molecule has 50 heavy (non-hydrogen) atoms. The van der Waals surface area contributed by atoms with Crippen molar-refractivity contribution in [2.75, 3.05) is 26.9 Å². The maximum atomic E-state index is 13.5. The molecule has 1 aliphatic rings. The van der Waals surface area contributed by atoms with E-state index in [1.807, 2.05) is 35.9 Å². The molecule has 2 heterocycles. The molecule has 11 heteroatoms. The summed E-state index contributed by atoms with van der Waals surface area (Å²) in [6, 6.07) is 12.4. The normalized spacial score (nSPS) is 14.9. The quantitative estimate of drug-likeness (QED) is 0.107. The van der Waals surface area contributed by atoms with Crippen LogP contribution in [-0.2, 0) is 22.6 Å². The van der Waals surface area contributed by atoms with Gasteiger partial charge in [-0.25, -0.2) is 19.1 Å². The highest BCUT2D eigenvalue weighted by Crippen LogP contribution is 2.37. The van der Waals surface area contributed by atoms with Crippen LogP contribution in [-0.4, -0.2) is 60.4 Å². The minimum Gasteiger partial charge on any atom is -1.00 e. The Balaban J connectivity index is 0.00000867. The van der Waals surface area contributed by atoms with Gasteiger partial charge < -0.3 is 31.9 Å². The number of pyridine rings is 1. The van der Waals surface area contributed by atoms with Crippen molar-refractivity contribution in [1.82, 2.24) is 10.2 Å². The molecule has 0 spiro atoms. The zero-order chi connectivity index (χ0) is 35.1. The second-order valence-electron chi connectivity index (χ2n) is 12.9. The molecular formula is C39H60ClN3O6S. The minimum atomic E-state index is -0.685. The largest absolute Gasteiger partial charge is 1.00 e. The highest BCUT2D eigenvalue weighted by Gasteiger charge is 2.34. The Morgan fingerprint density at radius 1 is 0.800 bits per heavy atom. The van der Waals surface area contributed by atoms with Crippen molar-refractivity contribution in [3.05, 3.63) is 59.9 Å². The zero-order valence-electron chi connectivity index (χ0n) is 30.5. The molecule has 0 unspecified atom stereocenters. The first kappa shape index (κ1) is 43.2. The summed E-state index contributed by atoms with van der Waals surface area (Å²) in [4.78, 5) is 40.0. The fraction of sp³-hybridized carbons (Fsp3) is 0.641. The van der Waals surface area contributed by atoms with Crippen LogP contribution in [0.1, 0.15) is 126 Å². The maximum Gasteiger partial charge on any atom is 0.417 e. The summed E-state index contributed by atoms with van der Waals surface area (Å²) in [5.41, 5.74) is 1.19. The number of carbonyl (C=O) groups is 3. The summed E-state index contributed by atoms with van der Waals surface area (Å²) >= 11 is 1.63. The number of alkyl carbamates (subject to hydrolysis) is 1. The molecule has 0 bridgehead atoms. The number of aromatic nitrogens is 1. The Morgan fingerprint density at radius 2 is 1.36 bits per heavy atom. The molecule has 0 saturated carbocycles. The van der Waals surface area contributed by atoms with Gasteiger partial charge in [0.1, 0.15) is 32.1 Å². The number of halogens is 1. The van der Waals surface area contributed by atoms with Gasteiger partial charge in [-0.15, -0.1) is 11.8 Å². The van der Waals surface area contributed by atoms with Crippen LogP contribution in [0.2, 0.25) is 0 Å². The van der Waals surface area contributed by atoms with Crippen LogP contribution in [0.5, 0.6) is 5.75 Å². The van der Waals surface area contributed by atoms with Crippen LogP contribution in [0, 0.1) is 0 Å². The Morgan fingerprint density at radius 3 is 1.92 bits per heavy atom. The number of unbranched alkanes of at least 4 members (excludes halogenated alkanes) is 13. The lowest BCUT2D eigenvalue weighted by atomic mass is 10.0. The third-order valence-corrected chi connectivity index (χ3v) is 10.4. The van der Waals surface area contributed by atoms with E-state index < -0.39 is 12.0 Å². The lowest BCUT2D eigenvalue weighted by Crippen LogP contribution is -3.00. The minimum absolute atomic E-state index is 0. The average Bonchev–Trinajstić information content (AvgIpc) is 3.11. The zero-order valence-corrected chi connectivity index (χ0v) is 32.1. The summed E-state index contributed by atoms with van der Waals surface area (Å²) in [7, 11) is 1.56. The molecule has 1 aliphatic heterocycles. The van der Waals surface area contributed by atoms with E-state index in [1.54, 1.807) is 43.1 Å². The van der Waals surface area contributed by atoms with Crippen molar-refractivity contribution >= 4 is 29.9 Å². The number of aryl methyl sites for hydroxylation is 1. The fourth-order valence-corrected chi connectivity index (χ4v) is 7.14. The van der Waals surface area contributed by atoms with E-state index in [2.05, 4.69) is 12.2 Å². The summed E-state index contributed by atoms with van der Waals surface area (Å²) in [5, 5.41) is 3.12. The van der Waals surface area contributed by atoms with Gasteiger partial charge >= 0.3 is 12.2 Å². The van der Waals surface area contributed by atoms with Gasteiger partial charge in [0.15, 0.2) is 6.20 Å². The maximum absolute atomic E-state index is 13.5. The smallest absolute Gasteiger partial charge is 0.417 e. The predicted octanol–water partition coefficient (Wildman–Crippen LogP) is 5.87. The first-order valence-corrected chi connectivity index (χ1v) is 19.6. The number of hydrogen-bond donors (Lipinski definition) is 1. The monoisotopic (exact) mass is 733 g/mol. The van der Waals surface area contributed by atoms with Crippen molar-refractivity contribution in [2.24, 2.45) is 0 Å². The molecule has 280 valence electrons. The van der Waals surface area contributed by atoms with Crippen molar-refractivity contribution in [3.63, 3.8) is 0 Å². The Bertz CT molecular complexity index is 1240. The van der Waals surface area contributed by atoms with Gasteiger partial charge in [-0.2, -0.15) is 0 Å². The second kappa shape index (κ2) is 25.9. The summed E-state index contributed by atoms with van der Waals surface area (Å²) < 4.78 is 18.3. The third kappa shape index (κ3) is 16.4. The van der Waals surface area contributed by atoms with Gasteiger partial charge in [-0.05, 0) is 44.0 Å². The van der Waals surface area contributed by atoms with Crippen molar-refractivity contribution in [1.29, 1.82) is 0 Å². The summed E-state index contributed by atoms with van der Waals surface area (Å²) in [6.07, 6.45) is 19.9. The lowest BCUT2D eigenvalue weighted by molar-refractivity contribution is -0.701. The molecule has 9 nitrogen and oxygen atoms in total. The van der Waals surface area contributed by atoms with E-state index >= 15 is 0 Å². The highest BCUT2D eigenvalue weighted by molar-refractivity contribution is 8.01. The molecule has 3 amide bonds. The topological polar surface area (TPSA) is 98.0 Å². The molecule has 1 aromatic heterocycles. The molecule has 2 aromatic rings. The Kier molecular flexibility index (Phi) is 22.4. The highest BCUT2D eigenvalue weighted by atomic mass is 35.5. The molecule has 1 aromatic carbocycles. The number of hydrogen-bond acceptors (Lipinski definition) is 7. The van der Waals surface area contributed by atoms with Crippen molar-refractivity contribution < 1.29 is 45.6 Å². The Hall–Kier alpha value is -2.98. The number of amides is 3. The van der Waals surface area contributed by atoms with Crippen LogP contribution in [0.15, 0.2) is 48.7 Å². The molecule has 1 fully saturated rings. The van der Waals surface area contributed by atoms with Crippen molar-refractivity contribution in [2.45, 2.75) is 134 Å². The summed E-state index contributed by atoms with van der Waals surface area (Å²) in [5.74, 6) is 0.187. The van der Waals surface area contributed by atoms with Gasteiger partial charge in [-0.1, -0.05) is 96.5 Å². The van der Waals surface area contributed by atoms with E-state index in [0.717, 1.165) is 29.9 Å². The SMILES string of the molecule is CCCCCCCCCCCCCCCCNC(=O)OC[C@H]1C[C@H](COC(=O)N(Cc2cccc[n+]2CC)C(=O)c2ccc(OC)cc2)S1.[Cl-]. The molecule has 0 aliphatic carbocycles. The van der Waals surface area contributed by atoms with Crippen LogP contribution >= 0.6 is 11.8 Å². The number of imide groups is 1. The standard InChI is InChI=1S/C39H59N3O6S.ClH/c1-4-6-7-8-9-10-11-12-13-14-15-16-17-19-26-40-38(44)47-30-35-28-36(49-35)31-48-39(45)42(29-33-21-18-20-27-41(33)5-2)37(43)32-22-24-34(46-3)25-23-32;/h18,20-25,27,35-36H,4-17,19,26,28-31H2,1-3H3;1H/t35-,36-;/m1./s1. The number of nitrogens with zero attached hydrogens (tertiary/aromatic N) is 2. The number of carbonyl (C=O) groups excluding carboxylic acids is 3. The second-order valence-corrected chi connectivity index (χ2v) is 14.5. The molecule has 1 saturated heterocycles. The molecule has 1 N–H and O–H groups in total. The van der Waals surface area contributed by atoms with Crippen LogP contribution in [0.3, 0.4) is 0 Å². The van der Waals surface area contributed by atoms with Crippen molar-refractivity contribution in [3.8, 4) is 5.75 Å². The van der Waals surface area contributed by atoms with Gasteiger partial charge in [-0.3, -0.25) is 4.79 Å². The molecule has 2 atom stereocenters. The number of benzene rings is 1. The van der Waals surface area contributed by atoms with Crippen LogP contribution in [0.4, 0.5) is 9.59 Å². The number of nitrogens with one attached hydrogen (secondary N) is 1. The van der Waals surface area contributed by atoms with Crippen LogP contribution < -0.4 is 27.0 Å². The lowest BCUT2D eigenvalue weighted by Gasteiger charge is -2.34. The predicted molar refractivity (Wildman–Crippen MR) is 196 cm³/mol. The van der Waals surface area contributed by atoms with E-state index in [1.165, 1.54) is 77.0 Å². The van der Waals surface area contributed by atoms with Gasteiger partial charge in [0.25, 0.3) is 5.91 Å². The first-order valence-electron chi connectivity index (χ1n) is 18.6. The van der Waals surface area contributed by atoms with Gasteiger partial charge in [0.05, 0.1) is 7.11 Å². The van der Waals surface area contributed by atoms with E-state index in [-0.39, 0.29) is 42.2 Å². The number of methoxy groups -OCH3 is 1. The van der Waals surface area contributed by atoms with E-state index in [0.29, 0.717) is 31.0 Å². The number of thioether (sulfide) groups is 1. The van der Waals surface area contributed by atoms with E-state index in [4.69, 9.17) is 14.2 Å². The number of ether oxygens (including phenoxy) is 3. The number of rotatable bonds is 24. The molecular weight excluding hydrogens is 674 g/mol. The third-order valence-electron chi connectivity index (χ3n) is 9.00. The van der Waals surface area contributed by atoms with Crippen LogP contribution in [0.25, 0.3) is 0 Å².